The maximum Gasteiger partial charge on any atom is 0.0928 e. The number of nitrogens with one attached hydrogen (secondary N) is 1. The summed E-state index contributed by atoms with van der Waals surface area (Å²) in [7, 11) is 3.43. The van der Waals surface area contributed by atoms with E-state index in [1.807, 2.05) is 0 Å². The van der Waals surface area contributed by atoms with Crippen LogP contribution in [-0.2, 0) is 9.47 Å². The van der Waals surface area contributed by atoms with Crippen LogP contribution in [0.15, 0.2) is 0 Å². The van der Waals surface area contributed by atoms with Crippen LogP contribution in [0.5, 0.6) is 0 Å². The SMILES string of the molecule is CCCCC(C)NCC(COC)OC. The molecule has 3 nitrogen and oxygen atoms in total. The van der Waals surface area contributed by atoms with Crippen molar-refractivity contribution in [2.75, 3.05) is 27.4 Å². The Morgan fingerprint density at radius 1 is 1.29 bits per heavy atom. The summed E-state index contributed by atoms with van der Waals surface area (Å²) < 4.78 is 10.3. The first-order chi connectivity index (χ1) is 6.74. The van der Waals surface area contributed by atoms with E-state index in [-0.39, 0.29) is 6.10 Å². The fraction of sp³-hybridized carbons (Fsp3) is 1.00. The van der Waals surface area contributed by atoms with Gasteiger partial charge < -0.3 is 14.8 Å². The van der Waals surface area contributed by atoms with Gasteiger partial charge in [-0.3, -0.25) is 0 Å². The highest BCUT2D eigenvalue weighted by atomic mass is 16.5. The van der Waals surface area contributed by atoms with Crippen LogP contribution in [0.25, 0.3) is 0 Å². The molecule has 0 aliphatic rings. The smallest absolute Gasteiger partial charge is 0.0928 e. The summed E-state index contributed by atoms with van der Waals surface area (Å²) in [6.07, 6.45) is 3.96. The number of unbranched alkanes of at least 4 members (excludes halogenated alkanes) is 1. The molecule has 0 aromatic rings. The van der Waals surface area contributed by atoms with Gasteiger partial charge in [0, 0.05) is 26.8 Å². The van der Waals surface area contributed by atoms with Gasteiger partial charge in [-0.2, -0.15) is 0 Å². The summed E-state index contributed by atoms with van der Waals surface area (Å²) in [4.78, 5) is 0. The van der Waals surface area contributed by atoms with Gasteiger partial charge in [0.15, 0.2) is 0 Å². The Kier molecular flexibility index (Phi) is 9.35. The monoisotopic (exact) mass is 203 g/mol. The third kappa shape index (κ3) is 7.30. The molecule has 0 heterocycles. The lowest BCUT2D eigenvalue weighted by molar-refractivity contribution is 0.0275. The van der Waals surface area contributed by atoms with E-state index in [1.165, 1.54) is 19.3 Å². The van der Waals surface area contributed by atoms with Crippen molar-refractivity contribution in [2.45, 2.75) is 45.3 Å². The lowest BCUT2D eigenvalue weighted by Crippen LogP contribution is -2.36. The van der Waals surface area contributed by atoms with Crippen LogP contribution in [0.4, 0.5) is 0 Å². The van der Waals surface area contributed by atoms with E-state index in [2.05, 4.69) is 19.2 Å². The molecule has 0 saturated heterocycles. The van der Waals surface area contributed by atoms with E-state index < -0.39 is 0 Å². The molecule has 14 heavy (non-hydrogen) atoms. The van der Waals surface area contributed by atoms with Crippen molar-refractivity contribution >= 4 is 0 Å². The van der Waals surface area contributed by atoms with Crippen molar-refractivity contribution in [1.82, 2.24) is 5.32 Å². The minimum absolute atomic E-state index is 0.170. The second-order valence-electron chi connectivity index (χ2n) is 3.76. The zero-order valence-corrected chi connectivity index (χ0v) is 10.0. The number of methoxy groups -OCH3 is 2. The lowest BCUT2D eigenvalue weighted by Gasteiger charge is -2.19. The fourth-order valence-electron chi connectivity index (χ4n) is 1.34. The summed E-state index contributed by atoms with van der Waals surface area (Å²) in [5.74, 6) is 0. The van der Waals surface area contributed by atoms with E-state index in [4.69, 9.17) is 9.47 Å². The largest absolute Gasteiger partial charge is 0.382 e. The van der Waals surface area contributed by atoms with E-state index >= 15 is 0 Å². The molecule has 0 radical (unpaired) electrons. The highest BCUT2D eigenvalue weighted by molar-refractivity contribution is 4.65. The summed E-state index contributed by atoms with van der Waals surface area (Å²) in [6, 6.07) is 0.574. The molecule has 86 valence electrons. The number of hydrogen-bond donors (Lipinski definition) is 1. The van der Waals surface area contributed by atoms with Gasteiger partial charge in [-0.1, -0.05) is 19.8 Å². The molecule has 0 spiro atoms. The molecule has 0 aromatic carbocycles. The highest BCUT2D eigenvalue weighted by Gasteiger charge is 2.08. The lowest BCUT2D eigenvalue weighted by atomic mass is 10.1. The molecule has 3 heteroatoms. The Labute approximate surface area is 88.2 Å². The predicted octanol–water partition coefficient (Wildman–Crippen LogP) is 1.82. The van der Waals surface area contributed by atoms with Gasteiger partial charge in [0.25, 0.3) is 0 Å². The average molecular weight is 203 g/mol. The van der Waals surface area contributed by atoms with Crippen molar-refractivity contribution in [3.8, 4) is 0 Å². The van der Waals surface area contributed by atoms with E-state index in [0.717, 1.165) is 6.54 Å². The number of ether oxygens (including phenoxy) is 2. The van der Waals surface area contributed by atoms with Gasteiger partial charge in [0.05, 0.1) is 12.7 Å². The first-order valence-corrected chi connectivity index (χ1v) is 5.49. The van der Waals surface area contributed by atoms with Crippen LogP contribution in [0, 0.1) is 0 Å². The molecular weight excluding hydrogens is 178 g/mol. The van der Waals surface area contributed by atoms with Crippen LogP contribution in [0.3, 0.4) is 0 Å². The summed E-state index contributed by atoms with van der Waals surface area (Å²) in [6.45, 7) is 5.96. The fourth-order valence-corrected chi connectivity index (χ4v) is 1.34. The molecule has 0 amide bonds. The van der Waals surface area contributed by atoms with Crippen molar-refractivity contribution in [1.29, 1.82) is 0 Å². The average Bonchev–Trinajstić information content (AvgIpc) is 2.21. The predicted molar refractivity (Wildman–Crippen MR) is 59.7 cm³/mol. The minimum Gasteiger partial charge on any atom is -0.382 e. The maximum absolute atomic E-state index is 5.26. The maximum atomic E-state index is 5.26. The van der Waals surface area contributed by atoms with Gasteiger partial charge in [0.2, 0.25) is 0 Å². The van der Waals surface area contributed by atoms with Crippen molar-refractivity contribution in [2.24, 2.45) is 0 Å². The summed E-state index contributed by atoms with van der Waals surface area (Å²) in [5.41, 5.74) is 0. The molecule has 0 rings (SSSR count). The second kappa shape index (κ2) is 9.44. The van der Waals surface area contributed by atoms with Gasteiger partial charge in [0.1, 0.15) is 0 Å². The molecule has 0 aliphatic carbocycles. The Balaban J connectivity index is 3.46. The van der Waals surface area contributed by atoms with Crippen LogP contribution in [0.1, 0.15) is 33.1 Å². The van der Waals surface area contributed by atoms with Crippen LogP contribution >= 0.6 is 0 Å². The molecular formula is C11H25NO2. The van der Waals surface area contributed by atoms with Crippen molar-refractivity contribution in [3.63, 3.8) is 0 Å². The third-order valence-electron chi connectivity index (χ3n) is 2.37. The molecule has 0 aliphatic heterocycles. The Morgan fingerprint density at radius 3 is 2.50 bits per heavy atom. The first-order valence-electron chi connectivity index (χ1n) is 5.49. The Hall–Kier alpha value is -0.120. The standard InChI is InChI=1S/C11H25NO2/c1-5-6-7-10(2)12-8-11(14-4)9-13-3/h10-12H,5-9H2,1-4H3. The zero-order valence-electron chi connectivity index (χ0n) is 10.0. The van der Waals surface area contributed by atoms with E-state index in [0.29, 0.717) is 12.6 Å². The number of rotatable bonds is 9. The Morgan fingerprint density at radius 2 is 2.00 bits per heavy atom. The van der Waals surface area contributed by atoms with E-state index in [9.17, 15) is 0 Å². The molecule has 2 atom stereocenters. The van der Waals surface area contributed by atoms with Gasteiger partial charge in [-0.25, -0.2) is 0 Å². The zero-order chi connectivity index (χ0) is 10.8. The molecule has 0 aromatic heterocycles. The molecule has 1 N–H and O–H groups in total. The first kappa shape index (κ1) is 13.9. The van der Waals surface area contributed by atoms with Gasteiger partial charge in [-0.15, -0.1) is 0 Å². The van der Waals surface area contributed by atoms with Crippen molar-refractivity contribution in [3.05, 3.63) is 0 Å². The second-order valence-corrected chi connectivity index (χ2v) is 3.76. The van der Waals surface area contributed by atoms with Crippen LogP contribution < -0.4 is 5.32 Å². The third-order valence-corrected chi connectivity index (χ3v) is 2.37. The summed E-state index contributed by atoms with van der Waals surface area (Å²) in [5, 5.41) is 3.45. The van der Waals surface area contributed by atoms with Crippen LogP contribution in [0.2, 0.25) is 0 Å². The minimum atomic E-state index is 0.170. The normalized spacial score (nSPS) is 15.4. The molecule has 2 unspecified atom stereocenters. The molecule has 0 fully saturated rings. The van der Waals surface area contributed by atoms with E-state index in [1.54, 1.807) is 14.2 Å². The summed E-state index contributed by atoms with van der Waals surface area (Å²) >= 11 is 0. The van der Waals surface area contributed by atoms with Crippen LogP contribution in [-0.4, -0.2) is 39.5 Å². The van der Waals surface area contributed by atoms with Gasteiger partial charge in [-0.05, 0) is 13.3 Å². The number of hydrogen-bond acceptors (Lipinski definition) is 3. The Bertz CT molecular complexity index is 120. The quantitative estimate of drug-likeness (QED) is 0.620. The topological polar surface area (TPSA) is 30.5 Å². The van der Waals surface area contributed by atoms with Crippen molar-refractivity contribution < 1.29 is 9.47 Å². The molecule has 0 bridgehead atoms. The highest BCUT2D eigenvalue weighted by Crippen LogP contribution is 2.00. The van der Waals surface area contributed by atoms with Gasteiger partial charge >= 0.3 is 0 Å². The molecule has 0 saturated carbocycles.